The Hall–Kier alpha value is -6.06. The second-order valence-electron chi connectivity index (χ2n) is 11.3. The minimum atomic E-state index is 0.833. The van der Waals surface area contributed by atoms with Crippen molar-refractivity contribution in [2.24, 2.45) is 0 Å². The zero-order chi connectivity index (χ0) is 29.7. The normalized spacial score (nSPS) is 11.6. The molecule has 9 rings (SSSR count). The van der Waals surface area contributed by atoms with E-state index >= 15 is 0 Å². The third-order valence-electron chi connectivity index (χ3n) is 8.68. The van der Waals surface area contributed by atoms with E-state index in [1.165, 1.54) is 11.1 Å². The molecule has 0 saturated heterocycles. The predicted molar refractivity (Wildman–Crippen MR) is 187 cm³/mol. The van der Waals surface area contributed by atoms with E-state index in [1.54, 1.807) is 0 Å². The van der Waals surface area contributed by atoms with Gasteiger partial charge in [-0.05, 0) is 70.8 Å². The third-order valence-corrected chi connectivity index (χ3v) is 8.68. The van der Waals surface area contributed by atoms with E-state index in [0.29, 0.717) is 0 Å². The molecule has 0 amide bonds. The van der Waals surface area contributed by atoms with Crippen LogP contribution in [-0.4, -0.2) is 0 Å². The Morgan fingerprint density at radius 1 is 0.356 bits per heavy atom. The van der Waals surface area contributed by atoms with Gasteiger partial charge in [-0.1, -0.05) is 115 Å². The maximum Gasteiger partial charge on any atom is 0.160 e. The van der Waals surface area contributed by atoms with E-state index in [9.17, 15) is 0 Å². The average Bonchev–Trinajstić information content (AvgIpc) is 3.69. The van der Waals surface area contributed by atoms with Gasteiger partial charge in [0.25, 0.3) is 0 Å². The van der Waals surface area contributed by atoms with Crippen LogP contribution >= 0.6 is 0 Å². The van der Waals surface area contributed by atoms with Gasteiger partial charge in [0.2, 0.25) is 0 Å². The van der Waals surface area contributed by atoms with Gasteiger partial charge >= 0.3 is 0 Å². The van der Waals surface area contributed by atoms with Gasteiger partial charge in [0, 0.05) is 32.9 Å². The lowest BCUT2D eigenvalue weighted by Gasteiger charge is -2.25. The van der Waals surface area contributed by atoms with Crippen LogP contribution in [0.2, 0.25) is 0 Å². The summed E-state index contributed by atoms with van der Waals surface area (Å²) in [5.41, 5.74) is 11.1. The van der Waals surface area contributed by atoms with Gasteiger partial charge < -0.3 is 13.7 Å². The summed E-state index contributed by atoms with van der Waals surface area (Å²) < 4.78 is 13.3. The van der Waals surface area contributed by atoms with E-state index in [-0.39, 0.29) is 0 Å². The fourth-order valence-electron chi connectivity index (χ4n) is 6.63. The number of rotatable bonds is 5. The summed E-state index contributed by atoms with van der Waals surface area (Å²) >= 11 is 0. The van der Waals surface area contributed by atoms with Crippen molar-refractivity contribution < 1.29 is 8.83 Å². The van der Waals surface area contributed by atoms with Crippen molar-refractivity contribution in [3.8, 4) is 22.3 Å². The molecule has 3 nitrogen and oxygen atoms in total. The molecule has 3 heteroatoms. The average molecular weight is 578 g/mol. The van der Waals surface area contributed by atoms with Crippen molar-refractivity contribution in [3.63, 3.8) is 0 Å². The number of fused-ring (bicyclic) bond motifs is 7. The number of furan rings is 2. The van der Waals surface area contributed by atoms with Gasteiger partial charge in [-0.2, -0.15) is 0 Å². The van der Waals surface area contributed by atoms with Gasteiger partial charge in [0.1, 0.15) is 16.7 Å². The fraction of sp³-hybridized carbons (Fsp3) is 0. The maximum absolute atomic E-state index is 6.91. The molecule has 45 heavy (non-hydrogen) atoms. The molecule has 0 N–H and O–H groups in total. The smallest absolute Gasteiger partial charge is 0.160 e. The van der Waals surface area contributed by atoms with Gasteiger partial charge in [-0.3, -0.25) is 0 Å². The molecule has 2 aromatic heterocycles. The van der Waals surface area contributed by atoms with Crippen LogP contribution in [0.25, 0.3) is 66.1 Å². The highest BCUT2D eigenvalue weighted by atomic mass is 16.3. The Morgan fingerprint density at radius 3 is 1.60 bits per heavy atom. The minimum absolute atomic E-state index is 0.833. The zero-order valence-corrected chi connectivity index (χ0v) is 24.4. The van der Waals surface area contributed by atoms with E-state index in [2.05, 4.69) is 132 Å². The standard InChI is InChI=1S/C42H27NO2/c1-4-12-28(13-5-1)29-20-22-30(23-21-29)33-24-25-35(43(31-14-6-2-7-15-31)32-16-8-3-9-17-32)42-40(33)41-38(45-42)27-26-37-39(41)34-18-10-11-19-36(34)44-37/h1-27H. The molecule has 9 aromatic rings. The quantitative estimate of drug-likeness (QED) is 0.204. The Balaban J connectivity index is 1.37. The third kappa shape index (κ3) is 4.13. The Morgan fingerprint density at radius 2 is 0.911 bits per heavy atom. The Labute approximate surface area is 260 Å². The molecule has 0 unspecified atom stereocenters. The molecule has 0 aliphatic carbocycles. The fourth-order valence-corrected chi connectivity index (χ4v) is 6.63. The summed E-state index contributed by atoms with van der Waals surface area (Å²) in [6.07, 6.45) is 0. The summed E-state index contributed by atoms with van der Waals surface area (Å²) in [6.45, 7) is 0. The first kappa shape index (κ1) is 25.4. The van der Waals surface area contributed by atoms with Gasteiger partial charge in [-0.25, -0.2) is 0 Å². The van der Waals surface area contributed by atoms with Gasteiger partial charge in [0.05, 0.1) is 5.69 Å². The van der Waals surface area contributed by atoms with Crippen molar-refractivity contribution in [2.45, 2.75) is 0 Å². The molecule has 0 aliphatic rings. The van der Waals surface area contributed by atoms with Crippen LogP contribution in [0.4, 0.5) is 17.1 Å². The molecule has 0 saturated carbocycles. The Bertz CT molecular complexity index is 2420. The number of nitrogens with zero attached hydrogens (tertiary/aromatic N) is 1. The highest BCUT2D eigenvalue weighted by molar-refractivity contribution is 6.29. The van der Waals surface area contributed by atoms with Crippen molar-refractivity contribution in [1.29, 1.82) is 0 Å². The topological polar surface area (TPSA) is 29.5 Å². The van der Waals surface area contributed by atoms with Crippen LogP contribution in [0.1, 0.15) is 0 Å². The molecule has 2 heterocycles. The number of para-hydroxylation sites is 3. The minimum Gasteiger partial charge on any atom is -0.456 e. The van der Waals surface area contributed by atoms with Crippen molar-refractivity contribution in [3.05, 3.63) is 164 Å². The molecule has 0 spiro atoms. The summed E-state index contributed by atoms with van der Waals surface area (Å²) in [4.78, 5) is 2.28. The number of anilines is 3. The molecule has 0 atom stereocenters. The first-order valence-electron chi connectivity index (χ1n) is 15.2. The SMILES string of the molecule is c1ccc(-c2ccc(-c3ccc(N(c4ccccc4)c4ccccc4)c4oc5ccc6oc7ccccc7c6c5c34)cc2)cc1. The van der Waals surface area contributed by atoms with Crippen LogP contribution in [0.15, 0.2) is 173 Å². The second kappa shape index (κ2) is 10.3. The molecule has 0 aliphatic heterocycles. The monoisotopic (exact) mass is 577 g/mol. The molecule has 212 valence electrons. The second-order valence-corrected chi connectivity index (χ2v) is 11.3. The van der Waals surface area contributed by atoms with Gasteiger partial charge in [-0.15, -0.1) is 0 Å². The molecular formula is C42H27NO2. The number of hydrogen-bond donors (Lipinski definition) is 0. The lowest BCUT2D eigenvalue weighted by molar-refractivity contribution is 0.663. The van der Waals surface area contributed by atoms with E-state index in [0.717, 1.165) is 72.1 Å². The lowest BCUT2D eigenvalue weighted by atomic mass is 9.94. The van der Waals surface area contributed by atoms with E-state index in [4.69, 9.17) is 8.83 Å². The van der Waals surface area contributed by atoms with Crippen molar-refractivity contribution in [1.82, 2.24) is 0 Å². The predicted octanol–water partition coefficient (Wildman–Crippen LogP) is 12.3. The zero-order valence-electron chi connectivity index (χ0n) is 24.4. The highest BCUT2D eigenvalue weighted by Gasteiger charge is 2.24. The summed E-state index contributed by atoms with van der Waals surface area (Å²) in [6, 6.07) is 57.0. The molecular weight excluding hydrogens is 550 g/mol. The summed E-state index contributed by atoms with van der Waals surface area (Å²) in [7, 11) is 0. The van der Waals surface area contributed by atoms with Gasteiger partial charge in [0.15, 0.2) is 5.58 Å². The van der Waals surface area contributed by atoms with Crippen LogP contribution < -0.4 is 4.90 Å². The summed E-state index contributed by atoms with van der Waals surface area (Å²) in [5, 5.41) is 4.30. The number of benzene rings is 7. The van der Waals surface area contributed by atoms with E-state index in [1.807, 2.05) is 36.4 Å². The first-order valence-corrected chi connectivity index (χ1v) is 15.2. The van der Waals surface area contributed by atoms with Crippen LogP contribution in [-0.2, 0) is 0 Å². The van der Waals surface area contributed by atoms with Crippen molar-refractivity contribution in [2.75, 3.05) is 4.90 Å². The number of hydrogen-bond acceptors (Lipinski definition) is 3. The van der Waals surface area contributed by atoms with Crippen LogP contribution in [0.3, 0.4) is 0 Å². The molecule has 7 aromatic carbocycles. The maximum atomic E-state index is 6.91. The summed E-state index contributed by atoms with van der Waals surface area (Å²) in [5.74, 6) is 0. The first-order chi connectivity index (χ1) is 22.3. The molecule has 0 radical (unpaired) electrons. The largest absolute Gasteiger partial charge is 0.456 e. The van der Waals surface area contributed by atoms with Crippen molar-refractivity contribution >= 4 is 60.9 Å². The van der Waals surface area contributed by atoms with Crippen LogP contribution in [0, 0.1) is 0 Å². The Kier molecular flexibility index (Phi) is 5.82. The lowest BCUT2D eigenvalue weighted by Crippen LogP contribution is -2.10. The van der Waals surface area contributed by atoms with E-state index < -0.39 is 0 Å². The molecule has 0 bridgehead atoms. The highest BCUT2D eigenvalue weighted by Crippen LogP contribution is 2.48. The molecule has 0 fully saturated rings. The van der Waals surface area contributed by atoms with Crippen LogP contribution in [0.5, 0.6) is 0 Å².